The van der Waals surface area contributed by atoms with E-state index in [0.29, 0.717) is 19.5 Å². The van der Waals surface area contributed by atoms with Gasteiger partial charge in [0, 0.05) is 24.6 Å². The Kier molecular flexibility index (Phi) is 6.55. The van der Waals surface area contributed by atoms with E-state index in [4.69, 9.17) is 9.72 Å². The van der Waals surface area contributed by atoms with E-state index in [1.54, 1.807) is 0 Å². The molecule has 1 aliphatic heterocycles. The Labute approximate surface area is 205 Å². The van der Waals surface area contributed by atoms with Gasteiger partial charge >= 0.3 is 0 Å². The first-order chi connectivity index (χ1) is 17.0. The third-order valence-electron chi connectivity index (χ3n) is 6.69. The number of aryl methyl sites for hydroxylation is 2. The molecule has 0 bridgehead atoms. The number of imidazole rings is 1. The highest BCUT2D eigenvalue weighted by atomic mass is 16.5. The molecule has 1 fully saturated rings. The molecular formula is C29H31N3O3. The van der Waals surface area contributed by atoms with Crippen molar-refractivity contribution < 1.29 is 14.6 Å². The normalized spacial score (nSPS) is 16.7. The van der Waals surface area contributed by atoms with Gasteiger partial charge in [-0.25, -0.2) is 4.98 Å². The molecule has 6 nitrogen and oxygen atoms in total. The molecule has 5 rings (SSSR count). The molecule has 35 heavy (non-hydrogen) atoms. The number of amides is 1. The average Bonchev–Trinajstić information content (AvgIpc) is 3.44. The second-order valence-corrected chi connectivity index (χ2v) is 9.27. The van der Waals surface area contributed by atoms with Gasteiger partial charge in [-0.05, 0) is 55.3 Å². The van der Waals surface area contributed by atoms with Gasteiger partial charge in [0.15, 0.2) is 0 Å². The molecule has 1 amide bonds. The number of aliphatic hydroxyl groups is 1. The van der Waals surface area contributed by atoms with Gasteiger partial charge in [-0.1, -0.05) is 48.9 Å². The van der Waals surface area contributed by atoms with E-state index in [9.17, 15) is 9.90 Å². The van der Waals surface area contributed by atoms with E-state index in [1.165, 1.54) is 5.56 Å². The van der Waals surface area contributed by atoms with Crippen LogP contribution < -0.4 is 9.64 Å². The molecule has 0 aliphatic carbocycles. The van der Waals surface area contributed by atoms with Crippen LogP contribution in [0.3, 0.4) is 0 Å². The number of carbonyl (C=O) groups is 1. The van der Waals surface area contributed by atoms with Crippen LogP contribution in [0.1, 0.15) is 36.2 Å². The lowest BCUT2D eigenvalue weighted by Crippen LogP contribution is -2.26. The van der Waals surface area contributed by atoms with Crippen molar-refractivity contribution in [2.75, 3.05) is 18.1 Å². The lowest BCUT2D eigenvalue weighted by molar-refractivity contribution is -0.117. The van der Waals surface area contributed by atoms with Gasteiger partial charge < -0.3 is 19.3 Å². The average molecular weight is 470 g/mol. The number of hydrogen-bond acceptors (Lipinski definition) is 4. The molecule has 2 atom stereocenters. The maximum Gasteiger partial charge on any atom is 0.227 e. The van der Waals surface area contributed by atoms with E-state index in [1.807, 2.05) is 84.6 Å². The Hall–Kier alpha value is -3.64. The lowest BCUT2D eigenvalue weighted by Gasteiger charge is -2.19. The smallest absolute Gasteiger partial charge is 0.227 e. The first kappa shape index (κ1) is 23.1. The zero-order chi connectivity index (χ0) is 24.4. The lowest BCUT2D eigenvalue weighted by atomic mass is 10.1. The zero-order valence-electron chi connectivity index (χ0n) is 20.2. The van der Waals surface area contributed by atoms with Crippen molar-refractivity contribution in [3.05, 3.63) is 89.7 Å². The number of para-hydroxylation sites is 2. The van der Waals surface area contributed by atoms with Gasteiger partial charge in [-0.2, -0.15) is 0 Å². The van der Waals surface area contributed by atoms with Gasteiger partial charge in [-0.3, -0.25) is 4.79 Å². The van der Waals surface area contributed by atoms with Gasteiger partial charge in [0.2, 0.25) is 5.91 Å². The Balaban J connectivity index is 1.35. The van der Waals surface area contributed by atoms with Crippen molar-refractivity contribution in [3.8, 4) is 5.75 Å². The first-order valence-corrected chi connectivity index (χ1v) is 12.2. The predicted octanol–water partition coefficient (Wildman–Crippen LogP) is 4.87. The Morgan fingerprint density at radius 3 is 2.54 bits per heavy atom. The summed E-state index contributed by atoms with van der Waals surface area (Å²) in [6.45, 7) is 5.25. The Morgan fingerprint density at radius 2 is 1.80 bits per heavy atom. The largest absolute Gasteiger partial charge is 0.491 e. The minimum atomic E-state index is -0.720. The first-order valence-electron chi connectivity index (χ1n) is 12.2. The van der Waals surface area contributed by atoms with E-state index in [2.05, 4.69) is 11.5 Å². The number of anilines is 1. The summed E-state index contributed by atoms with van der Waals surface area (Å²) >= 11 is 0. The van der Waals surface area contributed by atoms with Crippen LogP contribution in [-0.2, 0) is 17.8 Å². The van der Waals surface area contributed by atoms with Crippen LogP contribution in [0.2, 0.25) is 0 Å². The molecule has 0 spiro atoms. The number of fused-ring (bicyclic) bond motifs is 1. The second-order valence-electron chi connectivity index (χ2n) is 9.27. The summed E-state index contributed by atoms with van der Waals surface area (Å²) in [6.07, 6.45) is 0.653. The summed E-state index contributed by atoms with van der Waals surface area (Å²) < 4.78 is 7.90. The fraction of sp³-hybridized carbons (Fsp3) is 0.310. The summed E-state index contributed by atoms with van der Waals surface area (Å²) in [5.74, 6) is 1.62. The third kappa shape index (κ3) is 4.93. The second kappa shape index (κ2) is 9.92. The molecule has 3 aromatic carbocycles. The SMILES string of the molecule is CCc1ccc(OC[C@@H](O)Cn2c([C@@H]3CC(=O)N(c4ccc(C)cc4)C3)nc3ccccc32)cc1. The predicted molar refractivity (Wildman–Crippen MR) is 138 cm³/mol. The highest BCUT2D eigenvalue weighted by molar-refractivity contribution is 5.96. The highest BCUT2D eigenvalue weighted by Gasteiger charge is 2.35. The molecule has 4 aromatic rings. The zero-order valence-corrected chi connectivity index (χ0v) is 20.2. The van der Waals surface area contributed by atoms with Gasteiger partial charge in [0.25, 0.3) is 0 Å². The van der Waals surface area contributed by atoms with Crippen LogP contribution in [0.25, 0.3) is 11.0 Å². The van der Waals surface area contributed by atoms with Crippen LogP contribution in [0.15, 0.2) is 72.8 Å². The van der Waals surface area contributed by atoms with Crippen molar-refractivity contribution in [1.82, 2.24) is 9.55 Å². The number of ether oxygens (including phenoxy) is 1. The fourth-order valence-corrected chi connectivity index (χ4v) is 4.73. The number of aromatic nitrogens is 2. The van der Waals surface area contributed by atoms with Crippen LogP contribution in [-0.4, -0.2) is 39.8 Å². The molecular weight excluding hydrogens is 438 g/mol. The van der Waals surface area contributed by atoms with Gasteiger partial charge in [-0.15, -0.1) is 0 Å². The van der Waals surface area contributed by atoms with E-state index in [0.717, 1.165) is 40.3 Å². The minimum Gasteiger partial charge on any atom is -0.491 e. The van der Waals surface area contributed by atoms with Crippen LogP contribution in [0, 0.1) is 6.92 Å². The summed E-state index contributed by atoms with van der Waals surface area (Å²) in [5, 5.41) is 10.9. The van der Waals surface area contributed by atoms with Crippen molar-refractivity contribution in [2.45, 2.75) is 45.3 Å². The minimum absolute atomic E-state index is 0.0501. The maximum atomic E-state index is 12.9. The standard InChI is InChI=1S/C29H31N3O3/c1-3-21-10-14-25(15-11-21)35-19-24(33)18-32-27-7-5-4-6-26(27)30-29(32)22-16-28(34)31(17-22)23-12-8-20(2)9-13-23/h4-15,22,24,33H,3,16-19H2,1-2H3/t22-,24+/m1/s1. The Bertz CT molecular complexity index is 1310. The molecule has 1 saturated heterocycles. The number of nitrogens with zero attached hydrogens (tertiary/aromatic N) is 3. The fourth-order valence-electron chi connectivity index (χ4n) is 4.73. The highest BCUT2D eigenvalue weighted by Crippen LogP contribution is 2.33. The van der Waals surface area contributed by atoms with E-state index in [-0.39, 0.29) is 18.4 Å². The van der Waals surface area contributed by atoms with Crippen molar-refractivity contribution in [1.29, 1.82) is 0 Å². The van der Waals surface area contributed by atoms with Crippen molar-refractivity contribution in [2.24, 2.45) is 0 Å². The summed E-state index contributed by atoms with van der Waals surface area (Å²) in [4.78, 5) is 19.7. The molecule has 0 unspecified atom stereocenters. The van der Waals surface area contributed by atoms with Gasteiger partial charge in [0.05, 0.1) is 17.6 Å². The van der Waals surface area contributed by atoms with Crippen LogP contribution in [0.4, 0.5) is 5.69 Å². The number of hydrogen-bond donors (Lipinski definition) is 1. The molecule has 0 radical (unpaired) electrons. The molecule has 1 N–H and O–H groups in total. The molecule has 0 saturated carbocycles. The maximum absolute atomic E-state index is 12.9. The molecule has 180 valence electrons. The summed E-state index contributed by atoms with van der Waals surface area (Å²) in [6, 6.07) is 23.9. The quantitative estimate of drug-likeness (QED) is 0.400. The van der Waals surface area contributed by atoms with Crippen LogP contribution >= 0.6 is 0 Å². The summed E-state index contributed by atoms with van der Waals surface area (Å²) in [5.41, 5.74) is 5.14. The molecule has 1 aliphatic rings. The van der Waals surface area contributed by atoms with Crippen molar-refractivity contribution in [3.63, 3.8) is 0 Å². The molecule has 1 aromatic heterocycles. The third-order valence-corrected chi connectivity index (χ3v) is 6.69. The van der Waals surface area contributed by atoms with E-state index < -0.39 is 6.10 Å². The number of aliphatic hydroxyl groups excluding tert-OH is 1. The number of carbonyl (C=O) groups excluding carboxylic acids is 1. The summed E-state index contributed by atoms with van der Waals surface area (Å²) in [7, 11) is 0. The molecule has 6 heteroatoms. The van der Waals surface area contributed by atoms with Crippen LogP contribution in [0.5, 0.6) is 5.75 Å². The van der Waals surface area contributed by atoms with Gasteiger partial charge in [0.1, 0.15) is 24.3 Å². The van der Waals surface area contributed by atoms with E-state index >= 15 is 0 Å². The Morgan fingerprint density at radius 1 is 1.06 bits per heavy atom. The number of rotatable bonds is 8. The monoisotopic (exact) mass is 469 g/mol. The molecule has 2 heterocycles. The topological polar surface area (TPSA) is 67.6 Å². The van der Waals surface area contributed by atoms with Crippen molar-refractivity contribution >= 4 is 22.6 Å². The number of benzene rings is 3.